The van der Waals surface area contributed by atoms with E-state index in [9.17, 15) is 4.79 Å². The number of fused-ring (bicyclic) bond motifs is 1. The van der Waals surface area contributed by atoms with Crippen molar-refractivity contribution >= 4 is 56.2 Å². The molecule has 2 aliphatic heterocycles. The summed E-state index contributed by atoms with van der Waals surface area (Å²) in [5, 5.41) is 0.635. The maximum absolute atomic E-state index is 13.8. The number of aliphatic imine (C=N–C) groups is 1. The van der Waals surface area contributed by atoms with Crippen LogP contribution in [0, 0.1) is 27.7 Å². The monoisotopic (exact) mass is 534 g/mol. The second-order valence-corrected chi connectivity index (χ2v) is 10.3. The molecule has 0 aliphatic carbocycles. The predicted octanol–water partition coefficient (Wildman–Crippen LogP) is 7.22. The van der Waals surface area contributed by atoms with Gasteiger partial charge in [-0.15, -0.1) is 0 Å². The van der Waals surface area contributed by atoms with Crippen LogP contribution in [0.25, 0.3) is 6.08 Å². The fourth-order valence-electron chi connectivity index (χ4n) is 3.85. The van der Waals surface area contributed by atoms with Crippen molar-refractivity contribution in [1.29, 1.82) is 0 Å². The van der Waals surface area contributed by atoms with Gasteiger partial charge >= 0.3 is 0 Å². The number of aryl methyl sites for hydroxylation is 4. The number of amidine groups is 1. The molecule has 0 atom stereocenters. The van der Waals surface area contributed by atoms with E-state index < -0.39 is 0 Å². The summed E-state index contributed by atoms with van der Waals surface area (Å²) < 4.78 is 11.8. The number of amides is 1. The number of thioether (sulfide) groups is 1. The minimum atomic E-state index is -0.104. The van der Waals surface area contributed by atoms with Crippen molar-refractivity contribution in [3.8, 4) is 11.5 Å². The first-order valence-electron chi connectivity index (χ1n) is 10.9. The van der Waals surface area contributed by atoms with Crippen LogP contribution in [0.5, 0.6) is 11.5 Å². The van der Waals surface area contributed by atoms with Crippen LogP contribution in [0.1, 0.15) is 27.8 Å². The zero-order valence-corrected chi connectivity index (χ0v) is 21.7. The number of halogens is 1. The van der Waals surface area contributed by atoms with Gasteiger partial charge in [0.2, 0.25) is 6.79 Å². The summed E-state index contributed by atoms with van der Waals surface area (Å²) in [7, 11) is 0. The molecule has 5 nitrogen and oxygen atoms in total. The maximum Gasteiger partial charge on any atom is 0.271 e. The van der Waals surface area contributed by atoms with Crippen molar-refractivity contribution in [3.05, 3.63) is 85.7 Å². The Hall–Kier alpha value is -3.03. The van der Waals surface area contributed by atoms with E-state index in [0.717, 1.165) is 43.7 Å². The molecular weight excluding hydrogens is 512 g/mol. The average Bonchev–Trinajstić information content (AvgIpc) is 3.36. The lowest BCUT2D eigenvalue weighted by molar-refractivity contribution is -0.113. The Morgan fingerprint density at radius 1 is 0.941 bits per heavy atom. The lowest BCUT2D eigenvalue weighted by atomic mass is 10.1. The summed E-state index contributed by atoms with van der Waals surface area (Å²) in [6, 6.07) is 16.0. The quantitative estimate of drug-likeness (QED) is 0.333. The third kappa shape index (κ3) is 4.26. The SMILES string of the molecule is Cc1ccc(C)c(N=C2S/C(=C\c3cc4c(cc3Br)OCO4)C(=O)N2c2cc(C)ccc2C)c1. The predicted molar refractivity (Wildman–Crippen MR) is 142 cm³/mol. The Balaban J connectivity index is 1.63. The second kappa shape index (κ2) is 8.96. The Kier molecular flexibility index (Phi) is 6.00. The molecular formula is C27H23BrN2O3S. The van der Waals surface area contributed by atoms with Crippen LogP contribution in [0.3, 0.4) is 0 Å². The number of rotatable bonds is 3. The number of hydrogen-bond acceptors (Lipinski definition) is 5. The van der Waals surface area contributed by atoms with Crippen LogP contribution in [0.2, 0.25) is 0 Å². The van der Waals surface area contributed by atoms with E-state index in [1.54, 1.807) is 4.90 Å². The summed E-state index contributed by atoms with van der Waals surface area (Å²) >= 11 is 4.98. The Morgan fingerprint density at radius 3 is 2.38 bits per heavy atom. The van der Waals surface area contributed by atoms with E-state index in [2.05, 4.69) is 34.1 Å². The van der Waals surface area contributed by atoms with Crippen molar-refractivity contribution in [2.24, 2.45) is 4.99 Å². The Morgan fingerprint density at radius 2 is 1.62 bits per heavy atom. The highest BCUT2D eigenvalue weighted by Crippen LogP contribution is 2.42. The summed E-state index contributed by atoms with van der Waals surface area (Å²) in [4.78, 5) is 21.0. The van der Waals surface area contributed by atoms with Gasteiger partial charge in [0.15, 0.2) is 16.7 Å². The summed E-state index contributed by atoms with van der Waals surface area (Å²) in [5.41, 5.74) is 6.82. The Labute approximate surface area is 211 Å². The fraction of sp³-hybridized carbons (Fsp3) is 0.185. The number of anilines is 1. The summed E-state index contributed by atoms with van der Waals surface area (Å²) in [5.74, 6) is 1.25. The van der Waals surface area contributed by atoms with Gasteiger partial charge in [-0.2, -0.15) is 0 Å². The zero-order chi connectivity index (χ0) is 24.0. The van der Waals surface area contributed by atoms with Crippen LogP contribution in [0.15, 0.2) is 62.9 Å². The molecule has 1 fully saturated rings. The van der Waals surface area contributed by atoms with Crippen LogP contribution >= 0.6 is 27.7 Å². The first kappa shape index (κ1) is 22.7. The van der Waals surface area contributed by atoms with Crippen molar-refractivity contribution in [1.82, 2.24) is 0 Å². The van der Waals surface area contributed by atoms with Crippen molar-refractivity contribution in [2.45, 2.75) is 27.7 Å². The molecule has 2 heterocycles. The lowest BCUT2D eigenvalue weighted by Crippen LogP contribution is -2.29. The molecule has 7 heteroatoms. The largest absolute Gasteiger partial charge is 0.454 e. The van der Waals surface area contributed by atoms with Gasteiger partial charge in [-0.25, -0.2) is 4.99 Å². The zero-order valence-electron chi connectivity index (χ0n) is 19.3. The molecule has 34 heavy (non-hydrogen) atoms. The standard InChI is InChI=1S/C27H23BrN2O3S/c1-15-5-7-17(3)21(9-15)29-27-30(22-10-16(2)6-8-18(22)4)26(31)25(34-27)12-19-11-23-24(13-20(19)28)33-14-32-23/h5-13H,14H2,1-4H3/b25-12-,29-27?. The average molecular weight is 535 g/mol. The number of ether oxygens (including phenoxy) is 2. The van der Waals surface area contributed by atoms with Crippen LogP contribution in [-0.4, -0.2) is 17.9 Å². The topological polar surface area (TPSA) is 51.1 Å². The van der Waals surface area contributed by atoms with Gasteiger partial charge in [-0.1, -0.05) is 40.2 Å². The highest BCUT2D eigenvalue weighted by atomic mass is 79.9. The van der Waals surface area contributed by atoms with Gasteiger partial charge in [0.1, 0.15) is 0 Å². The maximum atomic E-state index is 13.8. The van der Waals surface area contributed by atoms with E-state index in [1.807, 2.05) is 64.1 Å². The molecule has 2 aliphatic rings. The first-order valence-corrected chi connectivity index (χ1v) is 12.5. The van der Waals surface area contributed by atoms with Gasteiger partial charge in [-0.05, 0) is 97.6 Å². The van der Waals surface area contributed by atoms with Gasteiger partial charge in [0.25, 0.3) is 5.91 Å². The molecule has 5 rings (SSSR count). The van der Waals surface area contributed by atoms with Gasteiger partial charge in [0.05, 0.1) is 16.3 Å². The molecule has 0 aromatic heterocycles. The number of hydrogen-bond donors (Lipinski definition) is 0. The smallest absolute Gasteiger partial charge is 0.271 e. The van der Waals surface area contributed by atoms with Gasteiger partial charge in [-0.3, -0.25) is 9.69 Å². The molecule has 0 unspecified atom stereocenters. The van der Waals surface area contributed by atoms with E-state index in [1.165, 1.54) is 11.8 Å². The molecule has 0 saturated carbocycles. The number of carbonyl (C=O) groups excluding carboxylic acids is 1. The molecule has 3 aromatic rings. The summed E-state index contributed by atoms with van der Waals surface area (Å²) in [6.45, 7) is 8.31. The van der Waals surface area contributed by atoms with Crippen LogP contribution in [0.4, 0.5) is 11.4 Å². The van der Waals surface area contributed by atoms with Crippen LogP contribution in [-0.2, 0) is 4.79 Å². The minimum Gasteiger partial charge on any atom is -0.454 e. The van der Waals surface area contributed by atoms with E-state index in [4.69, 9.17) is 14.5 Å². The van der Waals surface area contributed by atoms with Crippen molar-refractivity contribution < 1.29 is 14.3 Å². The van der Waals surface area contributed by atoms with E-state index in [-0.39, 0.29) is 12.7 Å². The van der Waals surface area contributed by atoms with Crippen LogP contribution < -0.4 is 14.4 Å². The second-order valence-electron chi connectivity index (χ2n) is 8.45. The molecule has 0 radical (unpaired) electrons. The third-order valence-corrected chi connectivity index (χ3v) is 7.43. The first-order chi connectivity index (χ1) is 16.3. The molecule has 172 valence electrons. The van der Waals surface area contributed by atoms with E-state index >= 15 is 0 Å². The molecule has 0 spiro atoms. The van der Waals surface area contributed by atoms with Gasteiger partial charge in [0, 0.05) is 4.47 Å². The highest BCUT2D eigenvalue weighted by molar-refractivity contribution is 9.10. The van der Waals surface area contributed by atoms with Crippen molar-refractivity contribution in [3.63, 3.8) is 0 Å². The number of carbonyl (C=O) groups is 1. The Bertz CT molecular complexity index is 1400. The van der Waals surface area contributed by atoms with Crippen molar-refractivity contribution in [2.75, 3.05) is 11.7 Å². The molecule has 1 saturated heterocycles. The number of benzene rings is 3. The van der Waals surface area contributed by atoms with E-state index in [0.29, 0.717) is 21.6 Å². The highest BCUT2D eigenvalue weighted by Gasteiger charge is 2.36. The normalized spacial score (nSPS) is 17.3. The fourth-order valence-corrected chi connectivity index (χ4v) is 5.26. The molecule has 3 aromatic carbocycles. The lowest BCUT2D eigenvalue weighted by Gasteiger charge is -2.19. The number of nitrogens with zero attached hydrogens (tertiary/aromatic N) is 2. The minimum absolute atomic E-state index is 0.104. The molecule has 0 N–H and O–H groups in total. The summed E-state index contributed by atoms with van der Waals surface area (Å²) in [6.07, 6.45) is 1.88. The molecule has 0 bridgehead atoms. The third-order valence-electron chi connectivity index (χ3n) is 5.77. The molecule has 1 amide bonds. The van der Waals surface area contributed by atoms with Gasteiger partial charge < -0.3 is 9.47 Å².